The van der Waals surface area contributed by atoms with E-state index in [1.54, 1.807) is 12.1 Å². The number of carboxylic acid groups (broad SMARTS) is 2. The van der Waals surface area contributed by atoms with Gasteiger partial charge in [-0.05, 0) is 32.0 Å². The predicted octanol–water partition coefficient (Wildman–Crippen LogP) is 1.02. The van der Waals surface area contributed by atoms with Crippen molar-refractivity contribution in [3.63, 3.8) is 0 Å². The van der Waals surface area contributed by atoms with Crippen molar-refractivity contribution in [1.29, 1.82) is 0 Å². The third-order valence-electron chi connectivity index (χ3n) is 4.25. The van der Waals surface area contributed by atoms with Crippen molar-refractivity contribution in [2.45, 2.75) is 25.8 Å². The molecule has 2 rings (SSSR count). The van der Waals surface area contributed by atoms with Crippen LogP contribution in [0.3, 0.4) is 0 Å². The van der Waals surface area contributed by atoms with Crippen molar-refractivity contribution < 1.29 is 34.1 Å². The Labute approximate surface area is 169 Å². The molecule has 0 radical (unpaired) electrons. The summed E-state index contributed by atoms with van der Waals surface area (Å²) in [5.41, 5.74) is 0.430. The molecule has 10 heteroatoms. The Bertz CT molecular complexity index is 721. The van der Waals surface area contributed by atoms with E-state index >= 15 is 0 Å². The van der Waals surface area contributed by atoms with Gasteiger partial charge in [-0.1, -0.05) is 6.92 Å². The van der Waals surface area contributed by atoms with Crippen LogP contribution in [0, 0.1) is 0 Å². The van der Waals surface area contributed by atoms with Gasteiger partial charge in [-0.25, -0.2) is 9.59 Å². The van der Waals surface area contributed by atoms with Crippen LogP contribution in [0.2, 0.25) is 0 Å². The van der Waals surface area contributed by atoms with E-state index in [0.717, 1.165) is 19.5 Å². The molecule has 3 N–H and O–H groups in total. The number of carbonyl (C=O) groups is 3. The number of aromatic nitrogens is 1. The Hall–Kier alpha value is -3.14. The van der Waals surface area contributed by atoms with Gasteiger partial charge >= 0.3 is 11.9 Å². The Morgan fingerprint density at radius 1 is 1.21 bits per heavy atom. The first-order valence-corrected chi connectivity index (χ1v) is 9.07. The molecule has 0 spiro atoms. The van der Waals surface area contributed by atoms with Gasteiger partial charge in [0.2, 0.25) is 11.8 Å². The van der Waals surface area contributed by atoms with Crippen LogP contribution < -0.4 is 14.8 Å². The Balaban J connectivity index is 0.000000447. The molecular weight excluding hydrogens is 382 g/mol. The zero-order valence-corrected chi connectivity index (χ0v) is 16.8. The maximum Gasteiger partial charge on any atom is 0.328 e. The third-order valence-corrected chi connectivity index (χ3v) is 4.25. The first-order valence-electron chi connectivity index (χ1n) is 9.07. The number of likely N-dealkylation sites (N-methyl/N-ethyl adjacent to an activating group) is 1. The predicted molar refractivity (Wildman–Crippen MR) is 104 cm³/mol. The van der Waals surface area contributed by atoms with E-state index in [4.69, 9.17) is 19.7 Å². The molecule has 1 fully saturated rings. The summed E-state index contributed by atoms with van der Waals surface area (Å²) in [5, 5.41) is 18.6. The van der Waals surface area contributed by atoms with Gasteiger partial charge in [-0.2, -0.15) is 4.98 Å². The molecule has 1 atom stereocenters. The average molecular weight is 409 g/mol. The van der Waals surface area contributed by atoms with E-state index in [0.29, 0.717) is 36.2 Å². The summed E-state index contributed by atoms with van der Waals surface area (Å²) < 4.78 is 10.2. The fraction of sp³-hybridized carbons (Fsp3) is 0.474. The molecule has 1 saturated heterocycles. The first kappa shape index (κ1) is 23.9. The van der Waals surface area contributed by atoms with E-state index in [9.17, 15) is 14.4 Å². The lowest BCUT2D eigenvalue weighted by Gasteiger charge is -2.23. The lowest BCUT2D eigenvalue weighted by Crippen LogP contribution is -2.40. The van der Waals surface area contributed by atoms with E-state index in [1.165, 1.54) is 20.6 Å². The molecule has 1 amide bonds. The summed E-state index contributed by atoms with van der Waals surface area (Å²) in [6, 6.07) is 3.76. The summed E-state index contributed by atoms with van der Waals surface area (Å²) in [4.78, 5) is 37.9. The van der Waals surface area contributed by atoms with E-state index in [-0.39, 0.29) is 11.8 Å². The second-order valence-corrected chi connectivity index (χ2v) is 6.05. The van der Waals surface area contributed by atoms with Crippen molar-refractivity contribution in [3.05, 3.63) is 29.8 Å². The second-order valence-electron chi connectivity index (χ2n) is 6.05. The summed E-state index contributed by atoms with van der Waals surface area (Å²) in [6.45, 7) is 4.94. The van der Waals surface area contributed by atoms with Crippen molar-refractivity contribution >= 4 is 17.8 Å². The highest BCUT2D eigenvalue weighted by molar-refractivity contribution is 5.96. The number of amides is 1. The molecule has 1 unspecified atom stereocenters. The van der Waals surface area contributed by atoms with Crippen molar-refractivity contribution in [3.8, 4) is 11.8 Å². The highest BCUT2D eigenvalue weighted by atomic mass is 16.5. The van der Waals surface area contributed by atoms with Gasteiger partial charge in [0.1, 0.15) is 5.56 Å². The number of nitrogens with one attached hydrogen (secondary N) is 1. The van der Waals surface area contributed by atoms with Crippen LogP contribution in [-0.2, 0) is 9.59 Å². The molecular formula is C19H27N3O7. The fourth-order valence-electron chi connectivity index (χ4n) is 2.86. The molecule has 2 heterocycles. The van der Waals surface area contributed by atoms with E-state index in [1.807, 2.05) is 0 Å². The van der Waals surface area contributed by atoms with Crippen LogP contribution in [0.25, 0.3) is 0 Å². The van der Waals surface area contributed by atoms with E-state index in [2.05, 4.69) is 22.1 Å². The number of carbonyl (C=O) groups excluding carboxylic acids is 1. The topological polar surface area (TPSA) is 138 Å². The molecule has 1 aromatic heterocycles. The number of ether oxygens (including phenoxy) is 2. The number of likely N-dealkylation sites (tertiary alicyclic amines) is 1. The van der Waals surface area contributed by atoms with E-state index < -0.39 is 11.9 Å². The largest absolute Gasteiger partial charge is 0.481 e. The van der Waals surface area contributed by atoms with Crippen LogP contribution in [0.1, 0.15) is 30.1 Å². The van der Waals surface area contributed by atoms with Crippen LogP contribution >= 0.6 is 0 Å². The molecule has 0 saturated carbocycles. The van der Waals surface area contributed by atoms with Crippen LogP contribution in [0.5, 0.6) is 11.8 Å². The first-order chi connectivity index (χ1) is 13.8. The molecule has 0 bridgehead atoms. The van der Waals surface area contributed by atoms with Gasteiger partial charge in [-0.3, -0.25) is 9.69 Å². The monoisotopic (exact) mass is 409 g/mol. The second kappa shape index (κ2) is 12.3. The minimum atomic E-state index is -1.26. The average Bonchev–Trinajstić information content (AvgIpc) is 3.18. The summed E-state index contributed by atoms with van der Waals surface area (Å²) in [7, 11) is 3.02. The molecule has 1 aliphatic heterocycles. The highest BCUT2D eigenvalue weighted by Gasteiger charge is 2.24. The van der Waals surface area contributed by atoms with Gasteiger partial charge in [0.25, 0.3) is 5.91 Å². The Morgan fingerprint density at radius 2 is 1.86 bits per heavy atom. The smallest absolute Gasteiger partial charge is 0.328 e. The molecule has 10 nitrogen and oxygen atoms in total. The van der Waals surface area contributed by atoms with Gasteiger partial charge in [0.15, 0.2) is 0 Å². The van der Waals surface area contributed by atoms with Crippen LogP contribution in [0.4, 0.5) is 0 Å². The van der Waals surface area contributed by atoms with Crippen molar-refractivity contribution in [2.24, 2.45) is 0 Å². The maximum absolute atomic E-state index is 12.3. The molecule has 0 aliphatic carbocycles. The van der Waals surface area contributed by atoms with Crippen molar-refractivity contribution in [1.82, 2.24) is 15.2 Å². The van der Waals surface area contributed by atoms with Crippen LogP contribution in [0.15, 0.2) is 24.3 Å². The molecule has 29 heavy (non-hydrogen) atoms. The number of carboxylic acids is 2. The fourth-order valence-corrected chi connectivity index (χ4v) is 2.86. The number of hydrogen-bond donors (Lipinski definition) is 3. The lowest BCUT2D eigenvalue weighted by atomic mass is 10.2. The molecule has 1 aliphatic rings. The van der Waals surface area contributed by atoms with Gasteiger partial charge in [0.05, 0.1) is 14.2 Å². The van der Waals surface area contributed by atoms with Gasteiger partial charge in [-0.15, -0.1) is 0 Å². The number of pyridine rings is 1. The highest BCUT2D eigenvalue weighted by Crippen LogP contribution is 2.20. The zero-order valence-electron chi connectivity index (χ0n) is 16.8. The summed E-state index contributed by atoms with van der Waals surface area (Å²) in [5.74, 6) is -1.97. The normalized spacial score (nSPS) is 16.0. The number of methoxy groups -OCH3 is 2. The van der Waals surface area contributed by atoms with Gasteiger partial charge in [0, 0.05) is 30.8 Å². The number of hydrogen-bond acceptors (Lipinski definition) is 7. The molecule has 1 aromatic rings. The third kappa shape index (κ3) is 8.18. The molecule has 0 aromatic carbocycles. The lowest BCUT2D eigenvalue weighted by molar-refractivity contribution is -0.134. The van der Waals surface area contributed by atoms with Gasteiger partial charge < -0.3 is 25.0 Å². The minimum Gasteiger partial charge on any atom is -0.481 e. The molecule has 160 valence electrons. The minimum absolute atomic E-state index is 0.162. The van der Waals surface area contributed by atoms with Crippen LogP contribution in [-0.4, -0.2) is 77.8 Å². The number of nitrogens with zero attached hydrogens (tertiary/aromatic N) is 2. The summed E-state index contributed by atoms with van der Waals surface area (Å²) >= 11 is 0. The SMILES string of the molecule is CCN1CCCC1CNC(=O)c1ccc(OC)nc1OC.O=C(O)C=CC(=O)O. The number of rotatable bonds is 8. The maximum atomic E-state index is 12.3. The summed E-state index contributed by atoms with van der Waals surface area (Å²) in [6.07, 6.45) is 3.44. The quantitative estimate of drug-likeness (QED) is 0.537. The Morgan fingerprint density at radius 3 is 2.38 bits per heavy atom. The number of aliphatic carboxylic acids is 2. The van der Waals surface area contributed by atoms with Crippen molar-refractivity contribution in [2.75, 3.05) is 33.9 Å². The zero-order chi connectivity index (χ0) is 21.8. The standard InChI is InChI=1S/C15H23N3O3.C4H4O4/c1-4-18-9-5-6-11(18)10-16-14(19)12-7-8-13(20-2)17-15(12)21-3;5-3(6)1-2-4(7)8/h7-8,11H,4-6,9-10H2,1-3H3,(H,16,19);1-2H,(H,5,6)(H,7,8). The Kier molecular flexibility index (Phi) is 10.2.